The summed E-state index contributed by atoms with van der Waals surface area (Å²) in [6.45, 7) is 8.78. The largest absolute Gasteiger partial charge is 0.384 e. The lowest BCUT2D eigenvalue weighted by Crippen LogP contribution is -1.93. The van der Waals surface area contributed by atoms with Gasteiger partial charge in [0.25, 0.3) is 0 Å². The fourth-order valence-corrected chi connectivity index (χ4v) is 0.769. The second-order valence-electron chi connectivity index (χ2n) is 2.10. The Morgan fingerprint density at radius 3 is 2.00 bits per heavy atom. The van der Waals surface area contributed by atoms with Crippen LogP contribution in [-0.4, -0.2) is 18.7 Å². The summed E-state index contributed by atoms with van der Waals surface area (Å²) in [7, 11) is 1.71. The van der Waals surface area contributed by atoms with Crippen molar-refractivity contribution >= 4 is 0 Å². The SMILES string of the molecule is CC.CC.COCCc1ccncc1. The van der Waals surface area contributed by atoms with E-state index in [-0.39, 0.29) is 0 Å². The molecule has 0 unspecified atom stereocenters. The van der Waals surface area contributed by atoms with Crippen molar-refractivity contribution in [2.45, 2.75) is 34.1 Å². The van der Waals surface area contributed by atoms with E-state index >= 15 is 0 Å². The van der Waals surface area contributed by atoms with E-state index in [2.05, 4.69) is 4.98 Å². The average molecular weight is 197 g/mol. The van der Waals surface area contributed by atoms with E-state index < -0.39 is 0 Å². The van der Waals surface area contributed by atoms with Crippen molar-refractivity contribution in [3.05, 3.63) is 30.1 Å². The van der Waals surface area contributed by atoms with Crippen molar-refractivity contribution in [1.29, 1.82) is 0 Å². The molecule has 0 aliphatic carbocycles. The van der Waals surface area contributed by atoms with Crippen molar-refractivity contribution in [3.8, 4) is 0 Å². The van der Waals surface area contributed by atoms with Gasteiger partial charge in [0, 0.05) is 19.5 Å². The van der Waals surface area contributed by atoms with Crippen LogP contribution in [0, 0.1) is 0 Å². The summed E-state index contributed by atoms with van der Waals surface area (Å²) in [6, 6.07) is 4.00. The van der Waals surface area contributed by atoms with Gasteiger partial charge in [0.15, 0.2) is 0 Å². The van der Waals surface area contributed by atoms with Crippen molar-refractivity contribution in [2.75, 3.05) is 13.7 Å². The minimum Gasteiger partial charge on any atom is -0.384 e. The molecule has 0 aliphatic heterocycles. The molecular formula is C12H23NO. The Balaban J connectivity index is 0. The molecule has 0 amide bonds. The molecule has 0 saturated carbocycles. The lowest BCUT2D eigenvalue weighted by atomic mass is 10.2. The van der Waals surface area contributed by atoms with Crippen LogP contribution in [-0.2, 0) is 11.2 Å². The van der Waals surface area contributed by atoms with Gasteiger partial charge in [-0.15, -0.1) is 0 Å². The molecule has 82 valence electrons. The third-order valence-corrected chi connectivity index (χ3v) is 1.34. The van der Waals surface area contributed by atoms with Crippen LogP contribution in [0.2, 0.25) is 0 Å². The van der Waals surface area contributed by atoms with Crippen LogP contribution in [0.4, 0.5) is 0 Å². The molecule has 0 atom stereocenters. The van der Waals surface area contributed by atoms with E-state index in [1.165, 1.54) is 5.56 Å². The molecule has 1 aromatic rings. The van der Waals surface area contributed by atoms with Gasteiger partial charge in [0.05, 0.1) is 6.61 Å². The minimum absolute atomic E-state index is 0.782. The highest BCUT2D eigenvalue weighted by Gasteiger charge is 1.88. The minimum atomic E-state index is 0.782. The van der Waals surface area contributed by atoms with Crippen LogP contribution in [0.15, 0.2) is 24.5 Å². The van der Waals surface area contributed by atoms with Crippen LogP contribution < -0.4 is 0 Å². The lowest BCUT2D eigenvalue weighted by Gasteiger charge is -1.97. The standard InChI is InChI=1S/C8H11NO.2C2H6/c1-10-7-4-8-2-5-9-6-3-8;2*1-2/h2-3,5-6H,4,7H2,1H3;2*1-2H3. The third kappa shape index (κ3) is 9.20. The highest BCUT2D eigenvalue weighted by Crippen LogP contribution is 1.96. The highest BCUT2D eigenvalue weighted by molar-refractivity contribution is 5.09. The van der Waals surface area contributed by atoms with Crippen molar-refractivity contribution < 1.29 is 4.74 Å². The number of methoxy groups -OCH3 is 1. The van der Waals surface area contributed by atoms with Crippen molar-refractivity contribution in [1.82, 2.24) is 4.98 Å². The summed E-state index contributed by atoms with van der Waals surface area (Å²) in [5.74, 6) is 0. The van der Waals surface area contributed by atoms with E-state index in [0.29, 0.717) is 0 Å². The molecule has 0 aromatic carbocycles. The zero-order valence-corrected chi connectivity index (χ0v) is 10.1. The maximum Gasteiger partial charge on any atom is 0.0502 e. The van der Waals surface area contributed by atoms with Gasteiger partial charge in [0.1, 0.15) is 0 Å². The summed E-state index contributed by atoms with van der Waals surface area (Å²) >= 11 is 0. The predicted molar refractivity (Wildman–Crippen MR) is 62.5 cm³/mol. The van der Waals surface area contributed by atoms with Crippen LogP contribution in [0.5, 0.6) is 0 Å². The molecule has 2 heteroatoms. The number of hydrogen-bond donors (Lipinski definition) is 0. The molecule has 0 aliphatic rings. The van der Waals surface area contributed by atoms with E-state index in [1.807, 2.05) is 39.8 Å². The molecule has 1 rings (SSSR count). The summed E-state index contributed by atoms with van der Waals surface area (Å²) in [5.41, 5.74) is 1.27. The first-order chi connectivity index (χ1) is 6.93. The molecule has 0 bridgehead atoms. The fraction of sp³-hybridized carbons (Fsp3) is 0.583. The monoisotopic (exact) mass is 197 g/mol. The second kappa shape index (κ2) is 14.6. The van der Waals surface area contributed by atoms with Crippen LogP contribution in [0.25, 0.3) is 0 Å². The Morgan fingerprint density at radius 2 is 1.57 bits per heavy atom. The van der Waals surface area contributed by atoms with Crippen LogP contribution in [0.3, 0.4) is 0 Å². The molecule has 0 radical (unpaired) electrons. The zero-order chi connectivity index (χ0) is 11.2. The summed E-state index contributed by atoms with van der Waals surface area (Å²) in [5, 5.41) is 0. The first-order valence-electron chi connectivity index (χ1n) is 5.31. The molecule has 0 fully saturated rings. The number of ether oxygens (including phenoxy) is 1. The quantitative estimate of drug-likeness (QED) is 0.741. The summed E-state index contributed by atoms with van der Waals surface area (Å²) < 4.78 is 4.93. The molecule has 0 N–H and O–H groups in total. The Labute approximate surface area is 88.3 Å². The average Bonchev–Trinajstić information content (AvgIpc) is 2.33. The zero-order valence-electron chi connectivity index (χ0n) is 10.1. The number of aromatic nitrogens is 1. The molecular weight excluding hydrogens is 174 g/mol. The van der Waals surface area contributed by atoms with Gasteiger partial charge in [-0.05, 0) is 24.1 Å². The highest BCUT2D eigenvalue weighted by atomic mass is 16.5. The summed E-state index contributed by atoms with van der Waals surface area (Å²) in [4.78, 5) is 3.91. The second-order valence-corrected chi connectivity index (χ2v) is 2.10. The molecule has 14 heavy (non-hydrogen) atoms. The molecule has 0 spiro atoms. The van der Waals surface area contributed by atoms with E-state index in [1.54, 1.807) is 19.5 Å². The van der Waals surface area contributed by atoms with Crippen LogP contribution >= 0.6 is 0 Å². The number of pyridine rings is 1. The van der Waals surface area contributed by atoms with Gasteiger partial charge in [-0.1, -0.05) is 27.7 Å². The van der Waals surface area contributed by atoms with E-state index in [4.69, 9.17) is 4.74 Å². The predicted octanol–water partition coefficient (Wildman–Crippen LogP) is 3.32. The van der Waals surface area contributed by atoms with E-state index in [9.17, 15) is 0 Å². The van der Waals surface area contributed by atoms with E-state index in [0.717, 1.165) is 13.0 Å². The van der Waals surface area contributed by atoms with Gasteiger partial charge in [-0.3, -0.25) is 4.98 Å². The van der Waals surface area contributed by atoms with Gasteiger partial charge < -0.3 is 4.74 Å². The first kappa shape index (κ1) is 15.6. The van der Waals surface area contributed by atoms with Crippen molar-refractivity contribution in [2.24, 2.45) is 0 Å². The first-order valence-corrected chi connectivity index (χ1v) is 5.31. The smallest absolute Gasteiger partial charge is 0.0502 e. The fourth-order valence-electron chi connectivity index (χ4n) is 0.769. The molecule has 1 aromatic heterocycles. The molecule has 1 heterocycles. The Kier molecular flexibility index (Phi) is 16.3. The van der Waals surface area contributed by atoms with Gasteiger partial charge in [-0.25, -0.2) is 0 Å². The molecule has 0 saturated heterocycles. The van der Waals surface area contributed by atoms with Crippen LogP contribution in [0.1, 0.15) is 33.3 Å². The number of hydrogen-bond acceptors (Lipinski definition) is 2. The normalized spacial score (nSPS) is 7.79. The summed E-state index contributed by atoms with van der Waals surface area (Å²) in [6.07, 6.45) is 4.56. The van der Waals surface area contributed by atoms with Gasteiger partial charge >= 0.3 is 0 Å². The number of nitrogens with zero attached hydrogens (tertiary/aromatic N) is 1. The lowest BCUT2D eigenvalue weighted by molar-refractivity contribution is 0.202. The van der Waals surface area contributed by atoms with Crippen molar-refractivity contribution in [3.63, 3.8) is 0 Å². The maximum atomic E-state index is 4.93. The Hall–Kier alpha value is -0.890. The number of rotatable bonds is 3. The van der Waals surface area contributed by atoms with Gasteiger partial charge in [-0.2, -0.15) is 0 Å². The maximum absolute atomic E-state index is 4.93. The Bertz CT molecular complexity index is 175. The van der Waals surface area contributed by atoms with Gasteiger partial charge in [0.2, 0.25) is 0 Å². The third-order valence-electron chi connectivity index (χ3n) is 1.34. The topological polar surface area (TPSA) is 22.1 Å². The Morgan fingerprint density at radius 1 is 1.07 bits per heavy atom. The molecule has 2 nitrogen and oxygen atoms in total.